The molecule has 25 heavy (non-hydrogen) atoms. The van der Waals surface area contributed by atoms with Crippen LogP contribution in [0.5, 0.6) is 0 Å². The highest BCUT2D eigenvalue weighted by atomic mass is 32.1. The van der Waals surface area contributed by atoms with Crippen LogP contribution in [0, 0.1) is 6.92 Å². The first-order chi connectivity index (χ1) is 12.1. The van der Waals surface area contributed by atoms with Gasteiger partial charge in [-0.25, -0.2) is 4.79 Å². The molecule has 0 bridgehead atoms. The van der Waals surface area contributed by atoms with E-state index in [9.17, 15) is 9.59 Å². The average Bonchev–Trinajstić information content (AvgIpc) is 3.24. The van der Waals surface area contributed by atoms with Gasteiger partial charge in [-0.3, -0.25) is 4.79 Å². The largest absolute Gasteiger partial charge is 0.369 e. The summed E-state index contributed by atoms with van der Waals surface area (Å²) in [7, 11) is 0. The Bertz CT molecular complexity index is 896. The van der Waals surface area contributed by atoms with Crippen molar-refractivity contribution in [2.45, 2.75) is 32.9 Å². The van der Waals surface area contributed by atoms with Crippen molar-refractivity contribution in [1.29, 1.82) is 0 Å². The van der Waals surface area contributed by atoms with E-state index in [4.69, 9.17) is 0 Å². The Balaban J connectivity index is 1.70. The van der Waals surface area contributed by atoms with Crippen molar-refractivity contribution in [2.75, 3.05) is 0 Å². The van der Waals surface area contributed by atoms with Crippen LogP contribution in [-0.2, 0) is 11.3 Å². The molecule has 0 radical (unpaired) electrons. The van der Waals surface area contributed by atoms with Crippen molar-refractivity contribution < 1.29 is 4.79 Å². The van der Waals surface area contributed by atoms with E-state index in [2.05, 4.69) is 15.7 Å². The van der Waals surface area contributed by atoms with E-state index in [-0.39, 0.29) is 18.5 Å². The third-order valence-electron chi connectivity index (χ3n) is 3.87. The van der Waals surface area contributed by atoms with Crippen molar-refractivity contribution in [2.24, 2.45) is 0 Å². The number of benzene rings is 1. The van der Waals surface area contributed by atoms with E-state index in [1.165, 1.54) is 21.6 Å². The third-order valence-corrected chi connectivity index (χ3v) is 4.71. The zero-order valence-electron chi connectivity index (χ0n) is 14.0. The Labute approximate surface area is 148 Å². The number of thiophene rings is 1. The maximum Gasteiger partial charge on any atom is 0.369 e. The minimum Gasteiger partial charge on any atom is -0.348 e. The Morgan fingerprint density at radius 2 is 2.00 bits per heavy atom. The molecule has 130 valence electrons. The van der Waals surface area contributed by atoms with E-state index < -0.39 is 5.69 Å². The molecule has 0 saturated heterocycles. The molecule has 0 aliphatic rings. The minimum absolute atomic E-state index is 0.101. The number of carbonyl (C=O) groups excluding carboxylic acids is 1. The maximum absolute atomic E-state index is 12.3. The molecule has 0 aliphatic heterocycles. The lowest BCUT2D eigenvalue weighted by atomic mass is 10.0. The highest BCUT2D eigenvalue weighted by Gasteiger charge is 2.16. The summed E-state index contributed by atoms with van der Waals surface area (Å²) in [6.45, 7) is 3.86. The number of hydrogen-bond acceptors (Lipinski definition) is 5. The predicted molar refractivity (Wildman–Crippen MR) is 95.8 cm³/mol. The summed E-state index contributed by atoms with van der Waals surface area (Å²) in [4.78, 5) is 24.6. The number of rotatable bonds is 6. The van der Waals surface area contributed by atoms with Gasteiger partial charge in [0.05, 0.1) is 6.04 Å². The molecule has 0 fully saturated rings. The Hall–Kier alpha value is -2.74. The zero-order chi connectivity index (χ0) is 17.8. The molecule has 1 unspecified atom stereocenters. The van der Waals surface area contributed by atoms with Crippen LogP contribution in [0.4, 0.5) is 0 Å². The molecule has 2 aromatic heterocycles. The van der Waals surface area contributed by atoms with Crippen molar-refractivity contribution >= 4 is 17.2 Å². The minimum atomic E-state index is -0.430. The van der Waals surface area contributed by atoms with Gasteiger partial charge in [0, 0.05) is 0 Å². The van der Waals surface area contributed by atoms with Gasteiger partial charge >= 0.3 is 5.69 Å². The van der Waals surface area contributed by atoms with E-state index in [1.54, 1.807) is 6.07 Å². The number of amides is 1. The summed E-state index contributed by atoms with van der Waals surface area (Å²) < 4.78 is 2.26. The van der Waals surface area contributed by atoms with Gasteiger partial charge in [0.1, 0.15) is 11.5 Å². The number of aryl methyl sites for hydroxylation is 1. The summed E-state index contributed by atoms with van der Waals surface area (Å²) >= 11 is 1.38. The van der Waals surface area contributed by atoms with Gasteiger partial charge in [0.2, 0.25) is 5.91 Å². The predicted octanol–water partition coefficient (Wildman–Crippen LogP) is 2.07. The summed E-state index contributed by atoms with van der Waals surface area (Å²) in [6.07, 6.45) is 0.756. The van der Waals surface area contributed by atoms with Crippen LogP contribution in [0.15, 0.2) is 46.6 Å². The van der Waals surface area contributed by atoms with Gasteiger partial charge in [-0.15, -0.1) is 11.3 Å². The second-order valence-corrected chi connectivity index (χ2v) is 6.65. The molecular formula is C17H19N5O2S. The van der Waals surface area contributed by atoms with Gasteiger partial charge in [-0.2, -0.15) is 9.36 Å². The lowest BCUT2D eigenvalue weighted by molar-refractivity contribution is -0.122. The highest BCUT2D eigenvalue weighted by Crippen LogP contribution is 2.17. The smallest absolute Gasteiger partial charge is 0.348 e. The number of hydrogen-bond donors (Lipinski definition) is 1. The molecule has 0 spiro atoms. The maximum atomic E-state index is 12.3. The van der Waals surface area contributed by atoms with Crippen molar-refractivity contribution in [3.05, 3.63) is 63.4 Å². The van der Waals surface area contributed by atoms with Crippen LogP contribution in [0.1, 0.15) is 30.5 Å². The molecule has 1 aromatic carbocycles. The topological polar surface area (TPSA) is 81.8 Å². The third kappa shape index (κ3) is 3.85. The van der Waals surface area contributed by atoms with Gasteiger partial charge < -0.3 is 5.32 Å². The van der Waals surface area contributed by atoms with E-state index in [1.807, 2.05) is 49.6 Å². The Morgan fingerprint density at radius 3 is 2.64 bits per heavy atom. The fraction of sp³-hybridized carbons (Fsp3) is 0.294. The first kappa shape index (κ1) is 17.1. The summed E-state index contributed by atoms with van der Waals surface area (Å²) in [6, 6.07) is 11.5. The highest BCUT2D eigenvalue weighted by molar-refractivity contribution is 7.12. The molecule has 0 aliphatic carbocycles. The van der Waals surface area contributed by atoms with Crippen LogP contribution in [0.3, 0.4) is 0 Å². The van der Waals surface area contributed by atoms with E-state index in [0.29, 0.717) is 5.00 Å². The first-order valence-electron chi connectivity index (χ1n) is 8.01. The first-order valence-corrected chi connectivity index (χ1v) is 8.89. The molecule has 8 heteroatoms. The molecule has 1 amide bonds. The van der Waals surface area contributed by atoms with Crippen molar-refractivity contribution in [1.82, 2.24) is 25.1 Å². The normalized spacial score (nSPS) is 12.1. The lowest BCUT2D eigenvalue weighted by Gasteiger charge is -2.17. The van der Waals surface area contributed by atoms with Gasteiger partial charge in [0.25, 0.3) is 0 Å². The number of nitrogens with one attached hydrogen (secondary N) is 1. The number of aromatic nitrogens is 4. The van der Waals surface area contributed by atoms with E-state index >= 15 is 0 Å². The molecule has 3 aromatic rings. The summed E-state index contributed by atoms with van der Waals surface area (Å²) in [5.41, 5.74) is 1.78. The van der Waals surface area contributed by atoms with Crippen LogP contribution in [0.2, 0.25) is 0 Å². The zero-order valence-corrected chi connectivity index (χ0v) is 14.9. The molecule has 0 saturated carbocycles. The second-order valence-electron chi connectivity index (χ2n) is 5.72. The fourth-order valence-electron chi connectivity index (χ4n) is 2.50. The Kier molecular flexibility index (Phi) is 5.08. The molecule has 1 N–H and O–H groups in total. The van der Waals surface area contributed by atoms with Crippen molar-refractivity contribution in [3.63, 3.8) is 0 Å². The molecule has 2 heterocycles. The average molecular weight is 357 g/mol. The summed E-state index contributed by atoms with van der Waals surface area (Å²) in [5.74, 6) is -0.271. The van der Waals surface area contributed by atoms with Gasteiger partial charge in [0.15, 0.2) is 0 Å². The standard InChI is InChI=1S/C17H19N5O2S/c1-3-14(13-8-6-12(2)7-9-13)18-15(23)11-21-17(24)22(20-19-21)16-5-4-10-25-16/h4-10,14H,3,11H2,1-2H3,(H,18,23). The molecule has 1 atom stereocenters. The molecule has 7 nitrogen and oxygen atoms in total. The molecular weight excluding hydrogens is 338 g/mol. The van der Waals surface area contributed by atoms with E-state index in [0.717, 1.165) is 16.7 Å². The van der Waals surface area contributed by atoms with Gasteiger partial charge in [-0.05, 0) is 46.8 Å². The SMILES string of the molecule is CCC(NC(=O)Cn1nnn(-c2cccs2)c1=O)c1ccc(C)cc1. The van der Waals surface area contributed by atoms with Crippen LogP contribution in [-0.4, -0.2) is 25.7 Å². The number of tetrazole rings is 1. The van der Waals surface area contributed by atoms with Gasteiger partial charge in [-0.1, -0.05) is 36.8 Å². The van der Waals surface area contributed by atoms with Crippen LogP contribution in [0.25, 0.3) is 5.00 Å². The molecule has 3 rings (SSSR count). The second kappa shape index (κ2) is 7.43. The number of carbonyl (C=O) groups is 1. The fourth-order valence-corrected chi connectivity index (χ4v) is 3.17. The lowest BCUT2D eigenvalue weighted by Crippen LogP contribution is -2.35. The van der Waals surface area contributed by atoms with Crippen LogP contribution >= 0.6 is 11.3 Å². The quantitative estimate of drug-likeness (QED) is 0.732. The number of nitrogens with zero attached hydrogens (tertiary/aromatic N) is 4. The monoisotopic (exact) mass is 357 g/mol. The van der Waals surface area contributed by atoms with Crippen molar-refractivity contribution in [3.8, 4) is 5.00 Å². The Morgan fingerprint density at radius 1 is 1.24 bits per heavy atom. The van der Waals surface area contributed by atoms with Crippen LogP contribution < -0.4 is 11.0 Å². The summed E-state index contributed by atoms with van der Waals surface area (Å²) in [5, 5.41) is 13.1.